The van der Waals surface area contributed by atoms with Crippen molar-refractivity contribution in [3.63, 3.8) is 0 Å². The Morgan fingerprint density at radius 2 is 1.79 bits per heavy atom. The van der Waals surface area contributed by atoms with E-state index in [0.717, 1.165) is 19.3 Å². The maximum absolute atomic E-state index is 11.7. The first-order valence-electron chi connectivity index (χ1n) is 6.13. The van der Waals surface area contributed by atoms with Crippen LogP contribution in [-0.2, 0) is 4.79 Å². The van der Waals surface area contributed by atoms with Crippen LogP contribution in [0.1, 0.15) is 29.6 Å². The van der Waals surface area contributed by atoms with Gasteiger partial charge in [0.05, 0.1) is 0 Å². The van der Waals surface area contributed by atoms with Crippen LogP contribution in [0.5, 0.6) is 0 Å². The van der Waals surface area contributed by atoms with Gasteiger partial charge >= 0.3 is 0 Å². The predicted molar refractivity (Wildman–Crippen MR) is 75.1 cm³/mol. The van der Waals surface area contributed by atoms with Crippen molar-refractivity contribution in [3.05, 3.63) is 35.9 Å². The van der Waals surface area contributed by atoms with Crippen molar-refractivity contribution in [2.45, 2.75) is 19.3 Å². The third-order valence-corrected chi connectivity index (χ3v) is 3.24. The second-order valence-corrected chi connectivity index (χ2v) is 4.80. The van der Waals surface area contributed by atoms with E-state index in [2.05, 4.69) is 16.2 Å². The zero-order valence-corrected chi connectivity index (χ0v) is 11.1. The minimum Gasteiger partial charge on any atom is -0.302 e. The largest absolute Gasteiger partial charge is 0.302 e. The van der Waals surface area contributed by atoms with E-state index in [1.807, 2.05) is 6.07 Å². The van der Waals surface area contributed by atoms with Crippen molar-refractivity contribution in [1.82, 2.24) is 16.2 Å². The van der Waals surface area contributed by atoms with E-state index in [0.29, 0.717) is 5.56 Å². The van der Waals surface area contributed by atoms with E-state index >= 15 is 0 Å². The van der Waals surface area contributed by atoms with E-state index in [1.54, 1.807) is 24.3 Å². The van der Waals surface area contributed by atoms with Gasteiger partial charge in [-0.05, 0) is 37.2 Å². The van der Waals surface area contributed by atoms with Crippen molar-refractivity contribution in [1.29, 1.82) is 0 Å². The molecule has 0 spiro atoms. The molecule has 0 unspecified atom stereocenters. The molecule has 1 aromatic carbocycles. The molecule has 1 aliphatic rings. The Morgan fingerprint density at radius 1 is 1.11 bits per heavy atom. The standard InChI is InChI=1S/C13H15N3O2S/c17-11(9-7-4-8-9)14-13(19)16-15-12(18)10-5-2-1-3-6-10/h1-3,5-6,9H,4,7-8H2,(H,15,18)(H2,14,16,17,19). The quantitative estimate of drug-likeness (QED) is 0.560. The Hall–Kier alpha value is -1.95. The molecule has 100 valence electrons. The van der Waals surface area contributed by atoms with Crippen molar-refractivity contribution in [2.24, 2.45) is 5.92 Å². The van der Waals surface area contributed by atoms with Gasteiger partial charge in [-0.2, -0.15) is 0 Å². The van der Waals surface area contributed by atoms with Gasteiger partial charge in [0.25, 0.3) is 5.91 Å². The van der Waals surface area contributed by atoms with Crippen LogP contribution in [0.2, 0.25) is 0 Å². The topological polar surface area (TPSA) is 70.2 Å². The van der Waals surface area contributed by atoms with Crippen LogP contribution in [0.15, 0.2) is 30.3 Å². The summed E-state index contributed by atoms with van der Waals surface area (Å²) in [5.41, 5.74) is 5.47. The van der Waals surface area contributed by atoms with Gasteiger partial charge in [-0.1, -0.05) is 24.6 Å². The molecule has 1 aliphatic carbocycles. The minimum absolute atomic E-state index is 0.0598. The van der Waals surface area contributed by atoms with Gasteiger partial charge in [-0.3, -0.25) is 20.4 Å². The molecular weight excluding hydrogens is 262 g/mol. The molecule has 2 rings (SSSR count). The maximum atomic E-state index is 11.7. The fraction of sp³-hybridized carbons (Fsp3) is 0.308. The summed E-state index contributed by atoms with van der Waals surface area (Å²) >= 11 is 4.93. The van der Waals surface area contributed by atoms with Crippen LogP contribution < -0.4 is 16.2 Å². The molecule has 5 nitrogen and oxygen atoms in total. The molecule has 0 bridgehead atoms. The number of hydrazine groups is 1. The Kier molecular flexibility index (Phi) is 4.46. The number of benzene rings is 1. The lowest BCUT2D eigenvalue weighted by atomic mass is 9.85. The van der Waals surface area contributed by atoms with E-state index in [4.69, 9.17) is 12.2 Å². The summed E-state index contributed by atoms with van der Waals surface area (Å²) in [7, 11) is 0. The van der Waals surface area contributed by atoms with Gasteiger partial charge in [-0.25, -0.2) is 0 Å². The lowest BCUT2D eigenvalue weighted by Gasteiger charge is -2.24. The van der Waals surface area contributed by atoms with Gasteiger partial charge < -0.3 is 5.32 Å². The molecule has 0 saturated heterocycles. The molecule has 0 aliphatic heterocycles. The smallest absolute Gasteiger partial charge is 0.269 e. The Balaban J connectivity index is 1.74. The van der Waals surface area contributed by atoms with Crippen molar-refractivity contribution in [3.8, 4) is 0 Å². The number of carbonyl (C=O) groups excluding carboxylic acids is 2. The van der Waals surface area contributed by atoms with Crippen LogP contribution in [0.4, 0.5) is 0 Å². The second-order valence-electron chi connectivity index (χ2n) is 4.39. The highest BCUT2D eigenvalue weighted by Crippen LogP contribution is 2.25. The number of hydrogen-bond donors (Lipinski definition) is 3. The first-order valence-corrected chi connectivity index (χ1v) is 6.54. The SMILES string of the molecule is O=C(NNC(=S)NC(=O)C1CCC1)c1ccccc1. The summed E-state index contributed by atoms with van der Waals surface area (Å²) in [4.78, 5) is 23.3. The third-order valence-electron chi connectivity index (χ3n) is 3.04. The molecule has 1 saturated carbocycles. The first kappa shape index (κ1) is 13.5. The number of hydrogen-bond acceptors (Lipinski definition) is 3. The molecule has 6 heteroatoms. The maximum Gasteiger partial charge on any atom is 0.269 e. The molecule has 0 heterocycles. The molecule has 2 amide bonds. The Morgan fingerprint density at radius 3 is 2.37 bits per heavy atom. The summed E-state index contributed by atoms with van der Waals surface area (Å²) in [5, 5.41) is 2.67. The zero-order valence-electron chi connectivity index (χ0n) is 10.3. The highest BCUT2D eigenvalue weighted by molar-refractivity contribution is 7.80. The van der Waals surface area contributed by atoms with Gasteiger partial charge in [0.15, 0.2) is 5.11 Å². The average Bonchev–Trinajstić information content (AvgIpc) is 2.34. The molecule has 0 radical (unpaired) electrons. The fourth-order valence-corrected chi connectivity index (χ4v) is 1.84. The molecular formula is C13H15N3O2S. The second kappa shape index (κ2) is 6.29. The van der Waals surface area contributed by atoms with Crippen LogP contribution in [-0.4, -0.2) is 16.9 Å². The van der Waals surface area contributed by atoms with Gasteiger partial charge in [0.1, 0.15) is 0 Å². The third kappa shape index (κ3) is 3.75. The first-order chi connectivity index (χ1) is 9.16. The Bertz CT molecular complexity index is 486. The summed E-state index contributed by atoms with van der Waals surface area (Å²) < 4.78 is 0. The van der Waals surface area contributed by atoms with Crippen LogP contribution in [0.3, 0.4) is 0 Å². The van der Waals surface area contributed by atoms with Gasteiger partial charge in [0, 0.05) is 11.5 Å². The monoisotopic (exact) mass is 277 g/mol. The normalized spacial score (nSPS) is 14.1. The number of carbonyl (C=O) groups is 2. The number of thiocarbonyl (C=S) groups is 1. The van der Waals surface area contributed by atoms with E-state index < -0.39 is 0 Å². The number of nitrogens with one attached hydrogen (secondary N) is 3. The summed E-state index contributed by atoms with van der Waals surface area (Å²) in [5.74, 6) is -0.330. The number of rotatable bonds is 2. The highest BCUT2D eigenvalue weighted by atomic mass is 32.1. The van der Waals surface area contributed by atoms with Crippen LogP contribution in [0, 0.1) is 5.92 Å². The molecule has 1 aromatic rings. The van der Waals surface area contributed by atoms with Crippen LogP contribution >= 0.6 is 12.2 Å². The van der Waals surface area contributed by atoms with Crippen LogP contribution in [0.25, 0.3) is 0 Å². The van der Waals surface area contributed by atoms with Gasteiger partial charge in [0.2, 0.25) is 5.91 Å². The van der Waals surface area contributed by atoms with Crippen molar-refractivity contribution in [2.75, 3.05) is 0 Å². The molecule has 19 heavy (non-hydrogen) atoms. The van der Waals surface area contributed by atoms with E-state index in [-0.39, 0.29) is 22.8 Å². The lowest BCUT2D eigenvalue weighted by Crippen LogP contribution is -2.50. The molecule has 0 atom stereocenters. The lowest BCUT2D eigenvalue weighted by molar-refractivity contribution is -0.125. The van der Waals surface area contributed by atoms with E-state index in [9.17, 15) is 9.59 Å². The summed E-state index contributed by atoms with van der Waals surface area (Å²) in [6.07, 6.45) is 2.90. The molecule has 1 fully saturated rings. The highest BCUT2D eigenvalue weighted by Gasteiger charge is 2.25. The zero-order chi connectivity index (χ0) is 13.7. The number of amides is 2. The molecule has 0 aromatic heterocycles. The summed E-state index contributed by atoms with van der Waals surface area (Å²) in [6, 6.07) is 8.74. The summed E-state index contributed by atoms with van der Waals surface area (Å²) in [6.45, 7) is 0. The average molecular weight is 277 g/mol. The van der Waals surface area contributed by atoms with E-state index in [1.165, 1.54) is 0 Å². The van der Waals surface area contributed by atoms with Crippen molar-refractivity contribution < 1.29 is 9.59 Å². The molecule has 3 N–H and O–H groups in total. The fourth-order valence-electron chi connectivity index (χ4n) is 1.69. The van der Waals surface area contributed by atoms with Crippen molar-refractivity contribution >= 4 is 29.1 Å². The van der Waals surface area contributed by atoms with Gasteiger partial charge in [-0.15, -0.1) is 0 Å². The Labute approximate surface area is 116 Å². The minimum atomic E-state index is -0.305. The predicted octanol–water partition coefficient (Wildman–Crippen LogP) is 1.12.